The average Bonchev–Trinajstić information content (AvgIpc) is 3.06. The molecule has 142 valence electrons. The monoisotopic (exact) mass is 366 g/mol. The summed E-state index contributed by atoms with van der Waals surface area (Å²) >= 11 is 0. The summed E-state index contributed by atoms with van der Waals surface area (Å²) in [6, 6.07) is 0. The molecule has 0 aromatic carbocycles. The zero-order valence-electron chi connectivity index (χ0n) is 13.2. The van der Waals surface area contributed by atoms with Crippen molar-refractivity contribution in [2.75, 3.05) is 13.2 Å². The second kappa shape index (κ2) is 8.22. The Balaban J connectivity index is 1.82. The van der Waals surface area contributed by atoms with Gasteiger partial charge in [-0.05, 0) is 13.3 Å². The lowest BCUT2D eigenvalue weighted by Crippen LogP contribution is -2.35. The topological polar surface area (TPSA) is 170 Å². The van der Waals surface area contributed by atoms with Crippen LogP contribution in [0.3, 0.4) is 0 Å². The molecule has 13 nitrogen and oxygen atoms in total. The lowest BCUT2D eigenvalue weighted by molar-refractivity contribution is -0.798. The van der Waals surface area contributed by atoms with Crippen molar-refractivity contribution < 1.29 is 44.0 Å². The van der Waals surface area contributed by atoms with Crippen LogP contribution in [0.5, 0.6) is 0 Å². The van der Waals surface area contributed by atoms with Gasteiger partial charge in [0.1, 0.15) is 30.5 Å². The predicted octanol–water partition coefficient (Wildman–Crippen LogP) is -0.989. The molecule has 2 heterocycles. The average molecular weight is 366 g/mol. The number of esters is 1. The van der Waals surface area contributed by atoms with Crippen LogP contribution in [0.1, 0.15) is 19.8 Å². The molecular weight excluding hydrogens is 348 g/mol. The van der Waals surface area contributed by atoms with Crippen LogP contribution in [-0.4, -0.2) is 71.1 Å². The summed E-state index contributed by atoms with van der Waals surface area (Å²) in [6.07, 6.45) is -5.69. The fourth-order valence-corrected chi connectivity index (χ4v) is 2.72. The molecule has 0 aromatic rings. The summed E-state index contributed by atoms with van der Waals surface area (Å²) in [7, 11) is 0. The summed E-state index contributed by atoms with van der Waals surface area (Å²) in [5.74, 6) is -0.704. The Kier molecular flexibility index (Phi) is 6.27. The molecule has 0 spiro atoms. The molecule has 1 N–H and O–H groups in total. The highest BCUT2D eigenvalue weighted by atomic mass is 17.0. The van der Waals surface area contributed by atoms with Crippen molar-refractivity contribution in [1.29, 1.82) is 0 Å². The van der Waals surface area contributed by atoms with Crippen LogP contribution in [-0.2, 0) is 28.7 Å². The third-order valence-electron chi connectivity index (χ3n) is 3.90. The smallest absolute Gasteiger partial charge is 0.306 e. The van der Waals surface area contributed by atoms with E-state index in [-0.39, 0.29) is 26.1 Å². The van der Waals surface area contributed by atoms with Gasteiger partial charge in [0.05, 0.1) is 13.2 Å². The molecule has 0 radical (unpaired) electrons. The highest BCUT2D eigenvalue weighted by Gasteiger charge is 2.48. The third-order valence-corrected chi connectivity index (χ3v) is 3.90. The molecule has 13 heteroatoms. The lowest BCUT2D eigenvalue weighted by atomic mass is 10.1. The van der Waals surface area contributed by atoms with Gasteiger partial charge in [-0.15, -0.1) is 20.2 Å². The summed E-state index contributed by atoms with van der Waals surface area (Å²) in [5.41, 5.74) is 0. The minimum absolute atomic E-state index is 0.0633. The molecule has 2 fully saturated rings. The largest absolute Gasteiger partial charge is 0.457 e. The molecule has 2 rings (SSSR count). The first-order chi connectivity index (χ1) is 11.8. The van der Waals surface area contributed by atoms with Crippen LogP contribution in [0, 0.1) is 20.2 Å². The molecule has 6 atom stereocenters. The van der Waals surface area contributed by atoms with E-state index in [0.29, 0.717) is 0 Å². The second-order valence-electron chi connectivity index (χ2n) is 5.63. The van der Waals surface area contributed by atoms with Crippen molar-refractivity contribution in [3.05, 3.63) is 20.2 Å². The van der Waals surface area contributed by atoms with Gasteiger partial charge in [-0.1, -0.05) is 0 Å². The van der Waals surface area contributed by atoms with Gasteiger partial charge in [-0.25, -0.2) is 0 Å². The summed E-state index contributed by atoms with van der Waals surface area (Å²) in [5, 5.41) is 28.2. The summed E-state index contributed by atoms with van der Waals surface area (Å²) in [6.45, 7) is 1.36. The highest BCUT2D eigenvalue weighted by Crippen LogP contribution is 2.29. The Labute approximate surface area is 140 Å². The van der Waals surface area contributed by atoms with E-state index in [0.717, 1.165) is 0 Å². The van der Waals surface area contributed by atoms with E-state index >= 15 is 0 Å². The zero-order chi connectivity index (χ0) is 18.6. The highest BCUT2D eigenvalue weighted by molar-refractivity contribution is 5.69. The Morgan fingerprint density at radius 2 is 1.84 bits per heavy atom. The van der Waals surface area contributed by atoms with Crippen molar-refractivity contribution >= 4 is 5.97 Å². The van der Waals surface area contributed by atoms with E-state index in [1.165, 1.54) is 6.92 Å². The Hall–Kier alpha value is -2.25. The minimum Gasteiger partial charge on any atom is -0.457 e. The molecule has 2 aliphatic heterocycles. The van der Waals surface area contributed by atoms with Crippen LogP contribution in [0.15, 0.2) is 0 Å². The maximum atomic E-state index is 11.9. The van der Waals surface area contributed by atoms with Crippen molar-refractivity contribution in [2.45, 2.75) is 56.4 Å². The number of carbonyl (C=O) groups excluding carboxylic acids is 1. The van der Waals surface area contributed by atoms with E-state index in [1.54, 1.807) is 0 Å². The summed E-state index contributed by atoms with van der Waals surface area (Å²) < 4.78 is 15.8. The van der Waals surface area contributed by atoms with Gasteiger partial charge in [0.15, 0.2) is 6.10 Å². The van der Waals surface area contributed by atoms with Crippen molar-refractivity contribution in [3.63, 3.8) is 0 Å². The van der Waals surface area contributed by atoms with Crippen LogP contribution >= 0.6 is 0 Å². The number of fused-ring (bicyclic) bond motifs is 1. The number of ether oxygens (including phenoxy) is 3. The second-order valence-corrected chi connectivity index (χ2v) is 5.63. The first-order valence-corrected chi connectivity index (χ1v) is 7.51. The summed E-state index contributed by atoms with van der Waals surface area (Å²) in [4.78, 5) is 41.2. The van der Waals surface area contributed by atoms with Gasteiger partial charge < -0.3 is 29.0 Å². The number of rotatable bonds is 9. The number of aliphatic hydroxyl groups excluding tert-OH is 1. The zero-order valence-corrected chi connectivity index (χ0v) is 13.2. The normalized spacial score (nSPS) is 30.2. The standard InChI is InChI=1S/C12H18N2O11/c1-6(24-13(17)18)8(25-14(19)20)2-3-10(16)23-9-5-22-11-7(15)4-21-12(9)11/h6-9,11-12,15H,2-5H2,1H3/t6?,7-,8?,9-,11-,12-/m1/s1. The van der Waals surface area contributed by atoms with Gasteiger partial charge in [0, 0.05) is 6.42 Å². The van der Waals surface area contributed by atoms with E-state index < -0.39 is 52.8 Å². The fraction of sp³-hybridized carbons (Fsp3) is 0.917. The van der Waals surface area contributed by atoms with E-state index in [4.69, 9.17) is 14.2 Å². The fourth-order valence-electron chi connectivity index (χ4n) is 2.72. The van der Waals surface area contributed by atoms with Gasteiger partial charge in [0.2, 0.25) is 0 Å². The molecule has 2 aliphatic rings. The molecule has 25 heavy (non-hydrogen) atoms. The SMILES string of the molecule is CC(O[N+](=O)[O-])C(CCC(=O)O[C@@H]1CO[C@H]2[C@@H]1OC[C@H]2O)O[N+](=O)[O-]. The number of hydrogen-bond donors (Lipinski definition) is 1. The number of carbonyl (C=O) groups is 1. The Morgan fingerprint density at radius 3 is 2.48 bits per heavy atom. The minimum atomic E-state index is -1.31. The van der Waals surface area contributed by atoms with Gasteiger partial charge in [-0.3, -0.25) is 4.79 Å². The van der Waals surface area contributed by atoms with Crippen molar-refractivity contribution in [3.8, 4) is 0 Å². The van der Waals surface area contributed by atoms with Crippen molar-refractivity contribution in [1.82, 2.24) is 0 Å². The molecular formula is C12H18N2O11. The number of hydrogen-bond acceptors (Lipinski definition) is 11. The quantitative estimate of drug-likeness (QED) is 0.302. The van der Waals surface area contributed by atoms with Crippen LogP contribution in [0.4, 0.5) is 0 Å². The molecule has 2 saturated heterocycles. The Morgan fingerprint density at radius 1 is 1.20 bits per heavy atom. The first kappa shape index (κ1) is 19.1. The van der Waals surface area contributed by atoms with Gasteiger partial charge in [0.25, 0.3) is 10.2 Å². The number of nitrogens with zero attached hydrogens (tertiary/aromatic N) is 2. The molecule has 0 aromatic heterocycles. The third kappa shape index (κ3) is 5.11. The van der Waals surface area contributed by atoms with Crippen LogP contribution < -0.4 is 0 Å². The maximum Gasteiger partial charge on any atom is 0.306 e. The molecule has 0 bridgehead atoms. The first-order valence-electron chi connectivity index (χ1n) is 7.51. The number of aliphatic hydroxyl groups is 1. The maximum absolute atomic E-state index is 11.9. The predicted molar refractivity (Wildman–Crippen MR) is 74.0 cm³/mol. The van der Waals surface area contributed by atoms with Crippen LogP contribution in [0.2, 0.25) is 0 Å². The lowest BCUT2D eigenvalue weighted by Gasteiger charge is -2.21. The van der Waals surface area contributed by atoms with Crippen molar-refractivity contribution in [2.24, 2.45) is 0 Å². The Bertz CT molecular complexity index is 515. The van der Waals surface area contributed by atoms with Crippen LogP contribution in [0.25, 0.3) is 0 Å². The van der Waals surface area contributed by atoms with E-state index in [9.17, 15) is 30.1 Å². The molecule has 0 aliphatic carbocycles. The van der Waals surface area contributed by atoms with E-state index in [1.807, 2.05) is 0 Å². The molecule has 2 unspecified atom stereocenters. The molecule has 0 amide bonds. The van der Waals surface area contributed by atoms with E-state index in [2.05, 4.69) is 9.68 Å². The van der Waals surface area contributed by atoms with Gasteiger partial charge >= 0.3 is 5.97 Å². The van der Waals surface area contributed by atoms with Gasteiger partial charge in [-0.2, -0.15) is 0 Å². The molecule has 0 saturated carbocycles.